The van der Waals surface area contributed by atoms with Crippen LogP contribution in [-0.4, -0.2) is 23.4 Å². The Bertz CT molecular complexity index is 516. The minimum absolute atomic E-state index is 0.00313. The molecule has 1 fully saturated rings. The van der Waals surface area contributed by atoms with Gasteiger partial charge in [-0.2, -0.15) is 0 Å². The van der Waals surface area contributed by atoms with E-state index in [-0.39, 0.29) is 23.5 Å². The van der Waals surface area contributed by atoms with E-state index in [0.29, 0.717) is 0 Å². The molecule has 1 aromatic rings. The zero-order chi connectivity index (χ0) is 15.1. The quantitative estimate of drug-likeness (QED) is 0.898. The molecule has 0 saturated carbocycles. The van der Waals surface area contributed by atoms with Gasteiger partial charge in [0.05, 0.1) is 6.04 Å². The van der Waals surface area contributed by atoms with Gasteiger partial charge in [-0.25, -0.2) is 0 Å². The fourth-order valence-electron chi connectivity index (χ4n) is 2.77. The van der Waals surface area contributed by atoms with Gasteiger partial charge in [-0.3, -0.25) is 10.1 Å². The zero-order valence-corrected chi connectivity index (χ0v) is 13.4. The van der Waals surface area contributed by atoms with Gasteiger partial charge in [-0.05, 0) is 37.3 Å². The van der Waals surface area contributed by atoms with Crippen LogP contribution in [0.5, 0.6) is 0 Å². The SMILES string of the molecule is Cc1ccc(C)c(C2NC(C)C(=O)N2CC(C)(C)C)c1. The Morgan fingerprint density at radius 3 is 2.50 bits per heavy atom. The lowest BCUT2D eigenvalue weighted by Gasteiger charge is -2.32. The highest BCUT2D eigenvalue weighted by molar-refractivity contribution is 5.84. The van der Waals surface area contributed by atoms with Crippen LogP contribution in [0.25, 0.3) is 0 Å². The number of nitrogens with one attached hydrogen (secondary N) is 1. The van der Waals surface area contributed by atoms with E-state index in [1.807, 2.05) is 11.8 Å². The maximum Gasteiger partial charge on any atom is 0.241 e. The summed E-state index contributed by atoms with van der Waals surface area (Å²) in [5.41, 5.74) is 3.77. The first kappa shape index (κ1) is 15.0. The summed E-state index contributed by atoms with van der Waals surface area (Å²) in [6.45, 7) is 13.4. The number of carbonyl (C=O) groups is 1. The van der Waals surface area contributed by atoms with Gasteiger partial charge in [-0.15, -0.1) is 0 Å². The first-order valence-corrected chi connectivity index (χ1v) is 7.33. The topological polar surface area (TPSA) is 32.3 Å². The average molecular weight is 274 g/mol. The van der Waals surface area contributed by atoms with Gasteiger partial charge < -0.3 is 4.90 Å². The summed E-state index contributed by atoms with van der Waals surface area (Å²) < 4.78 is 0. The molecule has 1 N–H and O–H groups in total. The Hall–Kier alpha value is -1.35. The highest BCUT2D eigenvalue weighted by Crippen LogP contribution is 2.31. The van der Waals surface area contributed by atoms with Gasteiger partial charge in [0, 0.05) is 6.54 Å². The van der Waals surface area contributed by atoms with Crippen molar-refractivity contribution in [3.63, 3.8) is 0 Å². The molecule has 0 aromatic heterocycles. The maximum absolute atomic E-state index is 12.4. The summed E-state index contributed by atoms with van der Waals surface area (Å²) in [6.07, 6.45) is -0.00313. The minimum Gasteiger partial charge on any atom is -0.321 e. The van der Waals surface area contributed by atoms with Crippen molar-refractivity contribution >= 4 is 5.91 Å². The first-order chi connectivity index (χ1) is 9.19. The molecule has 0 aliphatic carbocycles. The van der Waals surface area contributed by atoms with Gasteiger partial charge in [0.25, 0.3) is 0 Å². The Morgan fingerprint density at radius 1 is 1.25 bits per heavy atom. The molecule has 1 amide bonds. The van der Waals surface area contributed by atoms with Crippen LogP contribution in [0.2, 0.25) is 0 Å². The van der Waals surface area contributed by atoms with Crippen molar-refractivity contribution in [2.24, 2.45) is 5.41 Å². The van der Waals surface area contributed by atoms with Crippen LogP contribution in [0.4, 0.5) is 0 Å². The fraction of sp³-hybridized carbons (Fsp3) is 0.588. The largest absolute Gasteiger partial charge is 0.321 e. The molecule has 1 saturated heterocycles. The second kappa shape index (κ2) is 5.21. The second-order valence-corrected chi connectivity index (χ2v) is 7.18. The van der Waals surface area contributed by atoms with E-state index in [2.05, 4.69) is 58.1 Å². The van der Waals surface area contributed by atoms with Crippen LogP contribution in [0, 0.1) is 19.3 Å². The molecule has 1 aliphatic heterocycles. The summed E-state index contributed by atoms with van der Waals surface area (Å²) in [5, 5.41) is 3.44. The van der Waals surface area contributed by atoms with Crippen molar-refractivity contribution in [3.05, 3.63) is 34.9 Å². The third kappa shape index (κ3) is 3.04. The summed E-state index contributed by atoms with van der Waals surface area (Å²) in [4.78, 5) is 14.4. The number of benzene rings is 1. The van der Waals surface area contributed by atoms with E-state index in [1.165, 1.54) is 16.7 Å². The molecule has 3 heteroatoms. The Balaban J connectivity index is 2.37. The lowest BCUT2D eigenvalue weighted by Crippen LogP contribution is -2.37. The van der Waals surface area contributed by atoms with Gasteiger partial charge in [-0.1, -0.05) is 44.5 Å². The molecule has 1 heterocycles. The number of amides is 1. The third-order valence-corrected chi connectivity index (χ3v) is 3.75. The fourth-order valence-corrected chi connectivity index (χ4v) is 2.77. The van der Waals surface area contributed by atoms with E-state index >= 15 is 0 Å². The van der Waals surface area contributed by atoms with Crippen molar-refractivity contribution in [2.75, 3.05) is 6.54 Å². The van der Waals surface area contributed by atoms with Crippen LogP contribution in [0.15, 0.2) is 18.2 Å². The molecule has 2 unspecified atom stereocenters. The average Bonchev–Trinajstić information content (AvgIpc) is 2.59. The zero-order valence-electron chi connectivity index (χ0n) is 13.4. The third-order valence-electron chi connectivity index (χ3n) is 3.75. The van der Waals surface area contributed by atoms with Crippen molar-refractivity contribution < 1.29 is 4.79 Å². The molecular weight excluding hydrogens is 248 g/mol. The number of carbonyl (C=O) groups excluding carboxylic acids is 1. The van der Waals surface area contributed by atoms with Crippen LogP contribution in [-0.2, 0) is 4.79 Å². The second-order valence-electron chi connectivity index (χ2n) is 7.18. The number of hydrogen-bond acceptors (Lipinski definition) is 2. The molecule has 1 aromatic carbocycles. The van der Waals surface area contributed by atoms with Crippen LogP contribution in [0.3, 0.4) is 0 Å². The van der Waals surface area contributed by atoms with Crippen molar-refractivity contribution in [3.8, 4) is 0 Å². The Morgan fingerprint density at radius 2 is 1.90 bits per heavy atom. The summed E-state index contributed by atoms with van der Waals surface area (Å²) in [5.74, 6) is 0.200. The van der Waals surface area contributed by atoms with Crippen molar-refractivity contribution in [2.45, 2.75) is 53.8 Å². The van der Waals surface area contributed by atoms with E-state index in [9.17, 15) is 4.79 Å². The highest BCUT2D eigenvalue weighted by Gasteiger charge is 2.39. The molecular formula is C17H26N2O. The van der Waals surface area contributed by atoms with Crippen LogP contribution >= 0.6 is 0 Å². The van der Waals surface area contributed by atoms with E-state index < -0.39 is 0 Å². The van der Waals surface area contributed by atoms with Gasteiger partial charge >= 0.3 is 0 Å². The molecule has 0 bridgehead atoms. The molecule has 0 radical (unpaired) electrons. The summed E-state index contributed by atoms with van der Waals surface area (Å²) in [7, 11) is 0. The molecule has 1 aliphatic rings. The maximum atomic E-state index is 12.4. The number of hydrogen-bond donors (Lipinski definition) is 1. The molecule has 3 nitrogen and oxygen atoms in total. The van der Waals surface area contributed by atoms with Gasteiger partial charge in [0.2, 0.25) is 5.91 Å². The first-order valence-electron chi connectivity index (χ1n) is 7.33. The number of rotatable bonds is 2. The predicted molar refractivity (Wildman–Crippen MR) is 82.4 cm³/mol. The van der Waals surface area contributed by atoms with E-state index in [1.54, 1.807) is 0 Å². The standard InChI is InChI=1S/C17H26N2O/c1-11-7-8-12(2)14(9-11)15-18-13(3)16(20)19(15)10-17(4,5)6/h7-9,13,15,18H,10H2,1-6H3. The van der Waals surface area contributed by atoms with Crippen LogP contribution < -0.4 is 5.32 Å². The molecule has 20 heavy (non-hydrogen) atoms. The van der Waals surface area contributed by atoms with Crippen molar-refractivity contribution in [1.82, 2.24) is 10.2 Å². The van der Waals surface area contributed by atoms with Gasteiger partial charge in [0.1, 0.15) is 6.17 Å². The molecule has 2 rings (SSSR count). The lowest BCUT2D eigenvalue weighted by atomic mass is 9.95. The Kier molecular flexibility index (Phi) is 3.92. The lowest BCUT2D eigenvalue weighted by molar-refractivity contribution is -0.131. The van der Waals surface area contributed by atoms with E-state index in [4.69, 9.17) is 0 Å². The monoisotopic (exact) mass is 274 g/mol. The smallest absolute Gasteiger partial charge is 0.241 e. The summed E-state index contributed by atoms with van der Waals surface area (Å²) >= 11 is 0. The van der Waals surface area contributed by atoms with E-state index in [0.717, 1.165) is 6.54 Å². The molecule has 110 valence electrons. The highest BCUT2D eigenvalue weighted by atomic mass is 16.2. The predicted octanol–water partition coefficient (Wildman–Crippen LogP) is 3.17. The molecule has 2 atom stereocenters. The minimum atomic E-state index is -0.109. The number of aryl methyl sites for hydroxylation is 2. The van der Waals surface area contributed by atoms with Crippen LogP contribution in [0.1, 0.15) is 50.6 Å². The normalized spacial score (nSPS) is 23.5. The summed E-state index contributed by atoms with van der Waals surface area (Å²) in [6, 6.07) is 6.33. The van der Waals surface area contributed by atoms with Crippen molar-refractivity contribution in [1.29, 1.82) is 0 Å². The number of nitrogens with zero attached hydrogens (tertiary/aromatic N) is 1. The Labute approximate surface area is 122 Å². The van der Waals surface area contributed by atoms with Gasteiger partial charge in [0.15, 0.2) is 0 Å². The molecule has 0 spiro atoms.